The quantitative estimate of drug-likeness (QED) is 0.475. The fraction of sp³-hybridized carbons (Fsp3) is 0.615. The number of thioether (sulfide) groups is 1. The molecule has 0 radical (unpaired) electrons. The molecule has 0 aliphatic heterocycles. The lowest BCUT2D eigenvalue weighted by atomic mass is 10.2. The molecule has 0 aromatic carbocycles. The van der Waals surface area contributed by atoms with Crippen molar-refractivity contribution in [1.82, 2.24) is 15.0 Å². The molecular weight excluding hydrogens is 306 g/mol. The van der Waals surface area contributed by atoms with Crippen molar-refractivity contribution >= 4 is 41.8 Å². The molecule has 0 bridgehead atoms. The van der Waals surface area contributed by atoms with Crippen molar-refractivity contribution in [3.8, 4) is 0 Å². The summed E-state index contributed by atoms with van der Waals surface area (Å²) >= 11 is 3.20. The fourth-order valence-electron chi connectivity index (χ4n) is 1.45. The first-order chi connectivity index (χ1) is 9.24. The van der Waals surface area contributed by atoms with Gasteiger partial charge in [0.05, 0.1) is 6.61 Å². The molecule has 2 aromatic rings. The monoisotopic (exact) mass is 327 g/mol. The van der Waals surface area contributed by atoms with Gasteiger partial charge in [0.2, 0.25) is 0 Å². The van der Waals surface area contributed by atoms with E-state index in [2.05, 4.69) is 48.8 Å². The molecule has 7 heteroatoms. The fourth-order valence-corrected chi connectivity index (χ4v) is 3.85. The van der Waals surface area contributed by atoms with E-state index in [0.29, 0.717) is 6.61 Å². The van der Waals surface area contributed by atoms with Gasteiger partial charge in [-0.1, -0.05) is 32.1 Å². The molecule has 20 heavy (non-hydrogen) atoms. The van der Waals surface area contributed by atoms with Gasteiger partial charge in [-0.15, -0.1) is 11.8 Å². The number of fused-ring (bicyclic) bond motifs is 1. The third-order valence-corrected chi connectivity index (χ3v) is 9.86. The molecular formula is C13H21N3OS2Si. The average Bonchev–Trinajstić information content (AvgIpc) is 2.77. The first kappa shape index (κ1) is 15.9. The molecule has 0 spiro atoms. The summed E-state index contributed by atoms with van der Waals surface area (Å²) < 4.78 is 6.21. The van der Waals surface area contributed by atoms with Crippen LogP contribution < -0.4 is 0 Å². The SMILES string of the molecule is CSc1ncnc2sc(CO[Si](C)(C)C(C)(C)C)nc12. The van der Waals surface area contributed by atoms with Crippen LogP contribution in [0.2, 0.25) is 18.1 Å². The lowest BCUT2D eigenvalue weighted by molar-refractivity contribution is 0.276. The van der Waals surface area contributed by atoms with Gasteiger partial charge in [-0.2, -0.15) is 0 Å². The molecule has 0 aliphatic rings. The third kappa shape index (κ3) is 3.21. The molecule has 4 nitrogen and oxygen atoms in total. The summed E-state index contributed by atoms with van der Waals surface area (Å²) in [6, 6.07) is 0. The minimum atomic E-state index is -1.73. The molecule has 2 rings (SSSR count). The zero-order valence-corrected chi connectivity index (χ0v) is 15.5. The highest BCUT2D eigenvalue weighted by molar-refractivity contribution is 7.98. The normalized spacial score (nSPS) is 13.1. The number of hydrogen-bond donors (Lipinski definition) is 0. The first-order valence-electron chi connectivity index (χ1n) is 6.53. The van der Waals surface area contributed by atoms with E-state index in [0.717, 1.165) is 20.4 Å². The minimum absolute atomic E-state index is 0.216. The van der Waals surface area contributed by atoms with Crippen LogP contribution in [-0.2, 0) is 11.0 Å². The minimum Gasteiger partial charge on any atom is -0.410 e. The Kier molecular flexibility index (Phi) is 4.53. The molecule has 110 valence electrons. The number of aromatic nitrogens is 3. The van der Waals surface area contributed by atoms with E-state index in [1.807, 2.05) is 6.26 Å². The van der Waals surface area contributed by atoms with E-state index in [-0.39, 0.29) is 5.04 Å². The molecule has 2 aromatic heterocycles. The lowest BCUT2D eigenvalue weighted by Gasteiger charge is -2.35. The van der Waals surface area contributed by atoms with Gasteiger partial charge in [0, 0.05) is 0 Å². The predicted molar refractivity (Wildman–Crippen MR) is 89.0 cm³/mol. The number of rotatable bonds is 4. The van der Waals surface area contributed by atoms with Crippen molar-refractivity contribution in [2.45, 2.75) is 50.5 Å². The third-order valence-electron chi connectivity index (χ3n) is 3.76. The van der Waals surface area contributed by atoms with Gasteiger partial charge in [0.25, 0.3) is 0 Å². The second-order valence-electron chi connectivity index (χ2n) is 6.19. The van der Waals surface area contributed by atoms with Crippen LogP contribution in [0.3, 0.4) is 0 Å². The van der Waals surface area contributed by atoms with Crippen LogP contribution in [0, 0.1) is 0 Å². The zero-order valence-electron chi connectivity index (χ0n) is 12.9. The maximum Gasteiger partial charge on any atom is 0.192 e. The van der Waals surface area contributed by atoms with E-state index in [9.17, 15) is 0 Å². The van der Waals surface area contributed by atoms with Gasteiger partial charge in [-0.3, -0.25) is 0 Å². The van der Waals surface area contributed by atoms with Crippen molar-refractivity contribution < 1.29 is 4.43 Å². The van der Waals surface area contributed by atoms with Gasteiger partial charge < -0.3 is 4.43 Å². The van der Waals surface area contributed by atoms with Crippen LogP contribution in [-0.4, -0.2) is 29.5 Å². The second kappa shape index (κ2) is 5.71. The first-order valence-corrected chi connectivity index (χ1v) is 11.5. The van der Waals surface area contributed by atoms with Crippen LogP contribution in [0.5, 0.6) is 0 Å². The van der Waals surface area contributed by atoms with Gasteiger partial charge in [0.15, 0.2) is 8.32 Å². The van der Waals surface area contributed by atoms with E-state index in [4.69, 9.17) is 4.43 Å². The molecule has 0 N–H and O–H groups in total. The van der Waals surface area contributed by atoms with Gasteiger partial charge in [-0.05, 0) is 24.4 Å². The summed E-state index contributed by atoms with van der Waals surface area (Å²) in [6.45, 7) is 11.8. The Morgan fingerprint density at radius 2 is 2.00 bits per heavy atom. The van der Waals surface area contributed by atoms with Gasteiger partial charge >= 0.3 is 0 Å². The van der Waals surface area contributed by atoms with Crippen LogP contribution in [0.25, 0.3) is 10.3 Å². The van der Waals surface area contributed by atoms with E-state index >= 15 is 0 Å². The number of thiazole rings is 1. The largest absolute Gasteiger partial charge is 0.410 e. The van der Waals surface area contributed by atoms with Crippen molar-refractivity contribution in [3.05, 3.63) is 11.3 Å². The van der Waals surface area contributed by atoms with E-state index < -0.39 is 8.32 Å². The van der Waals surface area contributed by atoms with Crippen LogP contribution in [0.1, 0.15) is 25.8 Å². The topological polar surface area (TPSA) is 47.9 Å². The van der Waals surface area contributed by atoms with Gasteiger partial charge in [0.1, 0.15) is 26.7 Å². The standard InChI is InChI=1S/C13H21N3OS2Si/c1-13(2,3)20(5,6)17-7-9-16-10-11(18-4)14-8-15-12(10)19-9/h8H,7H2,1-6H3. The van der Waals surface area contributed by atoms with Crippen LogP contribution in [0.4, 0.5) is 0 Å². The van der Waals surface area contributed by atoms with Crippen molar-refractivity contribution in [1.29, 1.82) is 0 Å². The highest BCUT2D eigenvalue weighted by Gasteiger charge is 2.37. The summed E-state index contributed by atoms with van der Waals surface area (Å²) in [4.78, 5) is 14.1. The predicted octanol–water partition coefficient (Wildman–Crippen LogP) is 4.33. The summed E-state index contributed by atoms with van der Waals surface area (Å²) in [7, 11) is -1.73. The van der Waals surface area contributed by atoms with Crippen molar-refractivity contribution in [2.24, 2.45) is 0 Å². The molecule has 0 saturated carbocycles. The molecule has 2 heterocycles. The zero-order chi connectivity index (χ0) is 15.0. The maximum absolute atomic E-state index is 6.21. The van der Waals surface area contributed by atoms with Crippen molar-refractivity contribution in [3.63, 3.8) is 0 Å². The Balaban J connectivity index is 2.19. The Morgan fingerprint density at radius 1 is 1.30 bits per heavy atom. The van der Waals surface area contributed by atoms with Gasteiger partial charge in [-0.25, -0.2) is 15.0 Å². The second-order valence-corrected chi connectivity index (χ2v) is 12.9. The number of nitrogens with zero attached hydrogens (tertiary/aromatic N) is 3. The maximum atomic E-state index is 6.21. The summed E-state index contributed by atoms with van der Waals surface area (Å²) in [6.07, 6.45) is 3.61. The average molecular weight is 328 g/mol. The Morgan fingerprint density at radius 3 is 2.60 bits per heavy atom. The Bertz CT molecular complexity index is 607. The molecule has 0 unspecified atom stereocenters. The summed E-state index contributed by atoms with van der Waals surface area (Å²) in [5.41, 5.74) is 0.902. The summed E-state index contributed by atoms with van der Waals surface area (Å²) in [5.74, 6) is 0. The molecule has 0 atom stereocenters. The van der Waals surface area contributed by atoms with Crippen LogP contribution >= 0.6 is 23.1 Å². The van der Waals surface area contributed by atoms with E-state index in [1.165, 1.54) is 0 Å². The molecule has 0 aliphatic carbocycles. The van der Waals surface area contributed by atoms with Crippen molar-refractivity contribution in [2.75, 3.05) is 6.26 Å². The molecule has 0 fully saturated rings. The molecule has 0 saturated heterocycles. The Labute approximate surface area is 129 Å². The highest BCUT2D eigenvalue weighted by atomic mass is 32.2. The summed E-state index contributed by atoms with van der Waals surface area (Å²) in [5, 5.41) is 2.14. The smallest absolute Gasteiger partial charge is 0.192 e. The molecule has 0 amide bonds. The number of hydrogen-bond acceptors (Lipinski definition) is 6. The van der Waals surface area contributed by atoms with E-state index in [1.54, 1.807) is 29.4 Å². The highest BCUT2D eigenvalue weighted by Crippen LogP contribution is 2.37. The van der Waals surface area contributed by atoms with Crippen LogP contribution in [0.15, 0.2) is 11.4 Å². The Hall–Kier alpha value is -0.503. The lowest BCUT2D eigenvalue weighted by Crippen LogP contribution is -2.40.